The first kappa shape index (κ1) is 29.4. The molecule has 1 aliphatic carbocycles. The Bertz CT molecular complexity index is 1470. The van der Waals surface area contributed by atoms with E-state index in [1.165, 1.54) is 6.92 Å². The van der Waals surface area contributed by atoms with Gasteiger partial charge >= 0.3 is 0 Å². The van der Waals surface area contributed by atoms with Crippen LogP contribution in [0.1, 0.15) is 76.1 Å². The lowest BCUT2D eigenvalue weighted by Crippen LogP contribution is -2.47. The molecule has 0 radical (unpaired) electrons. The van der Waals surface area contributed by atoms with E-state index in [1.807, 2.05) is 47.4 Å². The molecule has 3 aromatic rings. The van der Waals surface area contributed by atoms with Gasteiger partial charge in [-0.05, 0) is 91.4 Å². The van der Waals surface area contributed by atoms with Crippen molar-refractivity contribution in [3.63, 3.8) is 0 Å². The number of nitrogens with one attached hydrogen (secondary N) is 1. The van der Waals surface area contributed by atoms with Gasteiger partial charge in [-0.25, -0.2) is 0 Å². The van der Waals surface area contributed by atoms with E-state index in [1.54, 1.807) is 31.3 Å². The molecule has 0 saturated heterocycles. The standard InChI is InChI=1S/C35H39N3O4/c1-22(39)25-10-6-23(7-11-25)20-32(40)33-31-5-3-4-29(26-14-16-27(17-15-26)34(41)37-2)30(31)18-19-38(33)35(42)28-12-8-24(21-36)9-13-28/h3-7,10-11,14-17,24,28,33H,8-9,12-13,18-21,36H2,1-2H3,(H,37,41). The van der Waals surface area contributed by atoms with E-state index < -0.39 is 6.04 Å². The smallest absolute Gasteiger partial charge is 0.251 e. The SMILES string of the molecule is CNC(=O)c1ccc(-c2cccc3c2CCN(C(=O)C2CCC(CN)CC2)C3C(=O)Cc2ccc(C(C)=O)cc2)cc1. The highest BCUT2D eigenvalue weighted by Crippen LogP contribution is 2.39. The van der Waals surface area contributed by atoms with Crippen LogP contribution in [0.5, 0.6) is 0 Å². The second-order valence-corrected chi connectivity index (χ2v) is 11.6. The second kappa shape index (κ2) is 12.8. The third-order valence-corrected chi connectivity index (χ3v) is 8.96. The molecule has 1 heterocycles. The van der Waals surface area contributed by atoms with Crippen LogP contribution in [0.15, 0.2) is 66.7 Å². The van der Waals surface area contributed by atoms with Gasteiger partial charge in [0.15, 0.2) is 11.6 Å². The first-order valence-electron chi connectivity index (χ1n) is 14.9. The number of fused-ring (bicyclic) bond motifs is 1. The van der Waals surface area contributed by atoms with Gasteiger partial charge in [-0.2, -0.15) is 0 Å². The number of hydrogen-bond donors (Lipinski definition) is 2. The molecular formula is C35H39N3O4. The monoisotopic (exact) mass is 565 g/mol. The van der Waals surface area contributed by atoms with Crippen molar-refractivity contribution in [3.05, 3.63) is 94.5 Å². The Balaban J connectivity index is 1.49. The summed E-state index contributed by atoms with van der Waals surface area (Å²) in [6, 6.07) is 19.9. The van der Waals surface area contributed by atoms with Crippen molar-refractivity contribution in [2.24, 2.45) is 17.6 Å². The fraction of sp³-hybridized carbons (Fsp3) is 0.371. The number of carbonyl (C=O) groups excluding carboxylic acids is 4. The maximum atomic E-state index is 14.1. The lowest BCUT2D eigenvalue weighted by Gasteiger charge is -2.40. The summed E-state index contributed by atoms with van der Waals surface area (Å²) in [6.07, 6.45) is 4.29. The number of carbonyl (C=O) groups is 4. The zero-order chi connectivity index (χ0) is 29.8. The number of hydrogen-bond acceptors (Lipinski definition) is 5. The number of benzene rings is 3. The first-order chi connectivity index (χ1) is 20.3. The predicted octanol–water partition coefficient (Wildman–Crippen LogP) is 4.92. The average molecular weight is 566 g/mol. The molecule has 42 heavy (non-hydrogen) atoms. The molecule has 218 valence electrons. The predicted molar refractivity (Wildman–Crippen MR) is 163 cm³/mol. The summed E-state index contributed by atoms with van der Waals surface area (Å²) in [7, 11) is 1.61. The van der Waals surface area contributed by atoms with Crippen LogP contribution in [0.25, 0.3) is 11.1 Å². The molecular weight excluding hydrogens is 526 g/mol. The third-order valence-electron chi connectivity index (χ3n) is 8.96. The molecule has 5 rings (SSSR count). The molecule has 1 aliphatic heterocycles. The van der Waals surface area contributed by atoms with Crippen molar-refractivity contribution in [1.82, 2.24) is 10.2 Å². The molecule has 1 fully saturated rings. The van der Waals surface area contributed by atoms with E-state index >= 15 is 0 Å². The van der Waals surface area contributed by atoms with Gasteiger partial charge in [0.1, 0.15) is 6.04 Å². The van der Waals surface area contributed by atoms with Crippen LogP contribution in [0.3, 0.4) is 0 Å². The number of Topliss-reactive ketones (excluding diaryl/α,β-unsaturated/α-hetero) is 2. The molecule has 3 N–H and O–H groups in total. The number of nitrogens with zero attached hydrogens (tertiary/aromatic N) is 1. The Kier molecular flexibility index (Phi) is 8.97. The number of nitrogens with two attached hydrogens (primary N) is 1. The van der Waals surface area contributed by atoms with Crippen molar-refractivity contribution in [2.45, 2.75) is 51.5 Å². The molecule has 2 aliphatic rings. The summed E-state index contributed by atoms with van der Waals surface area (Å²) in [5, 5.41) is 2.65. The molecule has 0 spiro atoms. The van der Waals surface area contributed by atoms with E-state index in [2.05, 4.69) is 5.32 Å². The minimum atomic E-state index is -0.689. The second-order valence-electron chi connectivity index (χ2n) is 11.6. The molecule has 1 unspecified atom stereocenters. The van der Waals surface area contributed by atoms with Gasteiger partial charge in [0, 0.05) is 37.1 Å². The molecule has 1 saturated carbocycles. The maximum absolute atomic E-state index is 14.1. The van der Waals surface area contributed by atoms with Gasteiger partial charge in [-0.1, -0.05) is 54.6 Å². The fourth-order valence-electron chi connectivity index (χ4n) is 6.50. The summed E-state index contributed by atoms with van der Waals surface area (Å²) in [6.45, 7) is 2.64. The average Bonchev–Trinajstić information content (AvgIpc) is 3.03. The van der Waals surface area contributed by atoms with Crippen LogP contribution in [0.4, 0.5) is 0 Å². The van der Waals surface area contributed by atoms with E-state index in [0.29, 0.717) is 36.6 Å². The molecule has 7 heteroatoms. The Hall–Kier alpha value is -4.10. The highest BCUT2D eigenvalue weighted by molar-refractivity contribution is 5.96. The van der Waals surface area contributed by atoms with Crippen LogP contribution in [-0.2, 0) is 22.4 Å². The number of ketones is 2. The van der Waals surface area contributed by atoms with Crippen molar-refractivity contribution in [1.29, 1.82) is 0 Å². The van der Waals surface area contributed by atoms with Gasteiger partial charge in [0.05, 0.1) is 0 Å². The van der Waals surface area contributed by atoms with Crippen LogP contribution in [0.2, 0.25) is 0 Å². The van der Waals surface area contributed by atoms with Gasteiger partial charge in [-0.15, -0.1) is 0 Å². The van der Waals surface area contributed by atoms with Gasteiger partial charge in [-0.3, -0.25) is 19.2 Å². The topological polar surface area (TPSA) is 110 Å². The number of amides is 2. The van der Waals surface area contributed by atoms with E-state index in [4.69, 9.17) is 5.73 Å². The summed E-state index contributed by atoms with van der Waals surface area (Å²) in [5.74, 6) is 0.215. The lowest BCUT2D eigenvalue weighted by molar-refractivity contribution is -0.144. The summed E-state index contributed by atoms with van der Waals surface area (Å²) in [5.41, 5.74) is 11.8. The van der Waals surface area contributed by atoms with Crippen LogP contribution in [-0.4, -0.2) is 48.4 Å². The van der Waals surface area contributed by atoms with E-state index in [0.717, 1.165) is 53.5 Å². The Morgan fingerprint density at radius 2 is 1.55 bits per heavy atom. The molecule has 0 aromatic heterocycles. The Labute approximate surface area is 247 Å². The zero-order valence-electron chi connectivity index (χ0n) is 24.4. The lowest BCUT2D eigenvalue weighted by atomic mass is 9.79. The normalized spacial score (nSPS) is 20.0. The molecule has 2 amide bonds. The van der Waals surface area contributed by atoms with Crippen molar-refractivity contribution in [3.8, 4) is 11.1 Å². The minimum Gasteiger partial charge on any atom is -0.355 e. The third kappa shape index (κ3) is 6.07. The largest absolute Gasteiger partial charge is 0.355 e. The fourth-order valence-corrected chi connectivity index (χ4v) is 6.50. The van der Waals surface area contributed by atoms with Crippen LogP contribution in [0, 0.1) is 11.8 Å². The highest BCUT2D eigenvalue weighted by atomic mass is 16.2. The van der Waals surface area contributed by atoms with E-state index in [-0.39, 0.29) is 35.7 Å². The zero-order valence-corrected chi connectivity index (χ0v) is 24.4. The van der Waals surface area contributed by atoms with Crippen molar-refractivity contribution >= 4 is 23.4 Å². The van der Waals surface area contributed by atoms with Gasteiger partial charge in [0.25, 0.3) is 5.91 Å². The molecule has 3 aromatic carbocycles. The summed E-state index contributed by atoms with van der Waals surface area (Å²) >= 11 is 0. The maximum Gasteiger partial charge on any atom is 0.251 e. The molecule has 0 bridgehead atoms. The van der Waals surface area contributed by atoms with Crippen LogP contribution >= 0.6 is 0 Å². The number of rotatable bonds is 8. The quantitative estimate of drug-likeness (QED) is 0.377. The van der Waals surface area contributed by atoms with Crippen molar-refractivity contribution in [2.75, 3.05) is 20.1 Å². The van der Waals surface area contributed by atoms with Gasteiger partial charge in [0.2, 0.25) is 5.91 Å². The molecule has 7 nitrogen and oxygen atoms in total. The highest BCUT2D eigenvalue weighted by Gasteiger charge is 2.39. The van der Waals surface area contributed by atoms with Gasteiger partial charge < -0.3 is 16.0 Å². The minimum absolute atomic E-state index is 0.0221. The van der Waals surface area contributed by atoms with E-state index in [9.17, 15) is 19.2 Å². The Morgan fingerprint density at radius 3 is 2.17 bits per heavy atom. The molecule has 1 atom stereocenters. The first-order valence-corrected chi connectivity index (χ1v) is 14.9. The Morgan fingerprint density at radius 1 is 0.881 bits per heavy atom. The van der Waals surface area contributed by atoms with Crippen molar-refractivity contribution < 1.29 is 19.2 Å². The summed E-state index contributed by atoms with van der Waals surface area (Å²) in [4.78, 5) is 53.8. The van der Waals surface area contributed by atoms with Crippen LogP contribution < -0.4 is 11.1 Å². The summed E-state index contributed by atoms with van der Waals surface area (Å²) < 4.78 is 0.